The Labute approximate surface area is 144 Å². The van der Waals surface area contributed by atoms with Crippen LogP contribution in [0, 0.1) is 0 Å². The van der Waals surface area contributed by atoms with Gasteiger partial charge in [0.15, 0.2) is 0 Å². The number of hydrogen-bond acceptors (Lipinski definition) is 3. The molecule has 1 N–H and O–H groups in total. The lowest BCUT2D eigenvalue weighted by Gasteiger charge is -2.32. The SMILES string of the molecule is COc1ccc(C(CC(=O)N(C)C2CCCCC2)NC(C)=O)cc1. The van der Waals surface area contributed by atoms with E-state index in [1.807, 2.05) is 36.2 Å². The highest BCUT2D eigenvalue weighted by Crippen LogP contribution is 2.25. The maximum absolute atomic E-state index is 12.7. The molecule has 1 aromatic carbocycles. The maximum Gasteiger partial charge on any atom is 0.224 e. The molecule has 0 aliphatic heterocycles. The van der Waals surface area contributed by atoms with Crippen LogP contribution < -0.4 is 10.1 Å². The molecule has 1 aliphatic carbocycles. The van der Waals surface area contributed by atoms with Gasteiger partial charge in [-0.05, 0) is 30.5 Å². The summed E-state index contributed by atoms with van der Waals surface area (Å²) in [6.07, 6.45) is 6.08. The normalized spacial score (nSPS) is 16.3. The summed E-state index contributed by atoms with van der Waals surface area (Å²) in [7, 11) is 3.50. The lowest BCUT2D eigenvalue weighted by atomic mass is 9.94. The summed E-state index contributed by atoms with van der Waals surface area (Å²) in [5.41, 5.74) is 0.913. The van der Waals surface area contributed by atoms with Crippen molar-refractivity contribution in [1.29, 1.82) is 0 Å². The first-order valence-electron chi connectivity index (χ1n) is 8.68. The molecule has 1 aromatic rings. The molecular formula is C19H28N2O3. The van der Waals surface area contributed by atoms with Crippen molar-refractivity contribution >= 4 is 11.8 Å². The Morgan fingerprint density at radius 2 is 1.83 bits per heavy atom. The zero-order chi connectivity index (χ0) is 17.5. The van der Waals surface area contributed by atoms with Crippen molar-refractivity contribution in [2.45, 2.75) is 57.5 Å². The molecule has 0 bridgehead atoms. The first kappa shape index (κ1) is 18.3. The predicted molar refractivity (Wildman–Crippen MR) is 93.8 cm³/mol. The molecule has 0 aromatic heterocycles. The number of benzene rings is 1. The molecule has 1 fully saturated rings. The van der Waals surface area contributed by atoms with Crippen molar-refractivity contribution in [1.82, 2.24) is 10.2 Å². The molecule has 132 valence electrons. The number of nitrogens with zero attached hydrogens (tertiary/aromatic N) is 1. The van der Waals surface area contributed by atoms with Gasteiger partial charge in [-0.15, -0.1) is 0 Å². The van der Waals surface area contributed by atoms with Crippen LogP contribution in [0.5, 0.6) is 5.75 Å². The zero-order valence-electron chi connectivity index (χ0n) is 14.9. The van der Waals surface area contributed by atoms with E-state index < -0.39 is 0 Å². The Morgan fingerprint density at radius 3 is 2.38 bits per heavy atom. The lowest BCUT2D eigenvalue weighted by Crippen LogP contribution is -2.40. The number of carbonyl (C=O) groups is 2. The van der Waals surface area contributed by atoms with Crippen LogP contribution in [0.4, 0.5) is 0 Å². The first-order chi connectivity index (χ1) is 11.5. The molecule has 5 heteroatoms. The quantitative estimate of drug-likeness (QED) is 0.871. The van der Waals surface area contributed by atoms with Crippen LogP contribution in [-0.2, 0) is 9.59 Å². The van der Waals surface area contributed by atoms with Crippen LogP contribution in [0.1, 0.15) is 57.1 Å². The summed E-state index contributed by atoms with van der Waals surface area (Å²) in [6.45, 7) is 1.48. The van der Waals surface area contributed by atoms with Crippen LogP contribution in [0.25, 0.3) is 0 Å². The van der Waals surface area contributed by atoms with Crippen molar-refractivity contribution in [2.75, 3.05) is 14.2 Å². The number of carbonyl (C=O) groups excluding carboxylic acids is 2. The summed E-state index contributed by atoms with van der Waals surface area (Å²) < 4.78 is 5.17. The van der Waals surface area contributed by atoms with Gasteiger partial charge in [-0.25, -0.2) is 0 Å². The Hall–Kier alpha value is -2.04. The van der Waals surface area contributed by atoms with E-state index in [1.54, 1.807) is 7.11 Å². The molecule has 1 aliphatic rings. The molecule has 1 saturated carbocycles. The van der Waals surface area contributed by atoms with Gasteiger partial charge < -0.3 is 15.0 Å². The first-order valence-corrected chi connectivity index (χ1v) is 8.68. The molecule has 0 radical (unpaired) electrons. The fraction of sp³-hybridized carbons (Fsp3) is 0.579. The van der Waals surface area contributed by atoms with Crippen molar-refractivity contribution < 1.29 is 14.3 Å². The zero-order valence-corrected chi connectivity index (χ0v) is 14.9. The molecule has 5 nitrogen and oxygen atoms in total. The average molecular weight is 332 g/mol. The van der Waals surface area contributed by atoms with Gasteiger partial charge in [-0.2, -0.15) is 0 Å². The Morgan fingerprint density at radius 1 is 1.21 bits per heavy atom. The van der Waals surface area contributed by atoms with Crippen LogP contribution in [0.3, 0.4) is 0 Å². The van der Waals surface area contributed by atoms with Crippen LogP contribution >= 0.6 is 0 Å². The highest BCUT2D eigenvalue weighted by Gasteiger charge is 2.25. The maximum atomic E-state index is 12.7. The largest absolute Gasteiger partial charge is 0.497 e. The second-order valence-corrected chi connectivity index (χ2v) is 6.53. The van der Waals surface area contributed by atoms with E-state index in [1.165, 1.54) is 26.2 Å². The van der Waals surface area contributed by atoms with Gasteiger partial charge >= 0.3 is 0 Å². The van der Waals surface area contributed by atoms with E-state index >= 15 is 0 Å². The van der Waals surface area contributed by atoms with Gasteiger partial charge in [0.05, 0.1) is 19.6 Å². The summed E-state index contributed by atoms with van der Waals surface area (Å²) in [5, 5.41) is 2.90. The summed E-state index contributed by atoms with van der Waals surface area (Å²) in [5.74, 6) is 0.700. The van der Waals surface area contributed by atoms with Gasteiger partial charge in [-0.3, -0.25) is 9.59 Å². The van der Waals surface area contributed by atoms with Gasteiger partial charge in [0, 0.05) is 20.0 Å². The van der Waals surface area contributed by atoms with Crippen molar-refractivity contribution in [3.63, 3.8) is 0 Å². The van der Waals surface area contributed by atoms with Crippen LogP contribution in [0.2, 0.25) is 0 Å². The van der Waals surface area contributed by atoms with E-state index in [0.29, 0.717) is 6.04 Å². The molecule has 2 rings (SSSR count). The van der Waals surface area contributed by atoms with E-state index in [-0.39, 0.29) is 24.3 Å². The number of methoxy groups -OCH3 is 1. The molecule has 0 spiro atoms. The standard InChI is InChI=1S/C19H28N2O3/c1-14(22)20-18(15-9-11-17(24-3)12-10-15)13-19(23)21(2)16-7-5-4-6-8-16/h9-12,16,18H,4-8,13H2,1-3H3,(H,20,22). The summed E-state index contributed by atoms with van der Waals surface area (Å²) in [4.78, 5) is 26.1. The number of nitrogens with one attached hydrogen (secondary N) is 1. The average Bonchev–Trinajstić information content (AvgIpc) is 2.61. The third kappa shape index (κ3) is 4.98. The van der Waals surface area contributed by atoms with Gasteiger partial charge in [0.1, 0.15) is 5.75 Å². The molecule has 1 atom stereocenters. The lowest BCUT2D eigenvalue weighted by molar-refractivity contribution is -0.133. The molecular weight excluding hydrogens is 304 g/mol. The smallest absolute Gasteiger partial charge is 0.224 e. The monoisotopic (exact) mass is 332 g/mol. The number of hydrogen-bond donors (Lipinski definition) is 1. The van der Waals surface area contributed by atoms with E-state index in [2.05, 4.69) is 5.32 Å². The molecule has 0 saturated heterocycles. The fourth-order valence-electron chi connectivity index (χ4n) is 3.32. The molecule has 24 heavy (non-hydrogen) atoms. The fourth-order valence-corrected chi connectivity index (χ4v) is 3.32. The Balaban J connectivity index is 2.06. The summed E-state index contributed by atoms with van der Waals surface area (Å²) in [6, 6.07) is 7.51. The molecule has 0 heterocycles. The van der Waals surface area contributed by atoms with Crippen LogP contribution in [0.15, 0.2) is 24.3 Å². The highest BCUT2D eigenvalue weighted by molar-refractivity contribution is 5.79. The second-order valence-electron chi connectivity index (χ2n) is 6.53. The molecule has 2 amide bonds. The number of amides is 2. The van der Waals surface area contributed by atoms with E-state index in [4.69, 9.17) is 4.74 Å². The third-order valence-corrected chi connectivity index (χ3v) is 4.79. The van der Waals surface area contributed by atoms with Gasteiger partial charge in [0.25, 0.3) is 0 Å². The van der Waals surface area contributed by atoms with E-state index in [9.17, 15) is 9.59 Å². The summed E-state index contributed by atoms with van der Waals surface area (Å²) >= 11 is 0. The molecule has 1 unspecified atom stereocenters. The minimum atomic E-state index is -0.313. The number of rotatable bonds is 6. The van der Waals surface area contributed by atoms with Gasteiger partial charge in [0.2, 0.25) is 11.8 Å². The predicted octanol–water partition coefficient (Wildman–Crippen LogP) is 3.05. The minimum Gasteiger partial charge on any atom is -0.497 e. The van der Waals surface area contributed by atoms with Gasteiger partial charge in [-0.1, -0.05) is 31.4 Å². The van der Waals surface area contributed by atoms with Crippen molar-refractivity contribution in [3.8, 4) is 5.75 Å². The van der Waals surface area contributed by atoms with Crippen LogP contribution in [-0.4, -0.2) is 36.9 Å². The highest BCUT2D eigenvalue weighted by atomic mass is 16.5. The number of ether oxygens (including phenoxy) is 1. The topological polar surface area (TPSA) is 58.6 Å². The second kappa shape index (κ2) is 8.71. The minimum absolute atomic E-state index is 0.0801. The Kier molecular flexibility index (Phi) is 6.64. The van der Waals surface area contributed by atoms with Crippen molar-refractivity contribution in [3.05, 3.63) is 29.8 Å². The third-order valence-electron chi connectivity index (χ3n) is 4.79. The Bertz CT molecular complexity index is 550. The van der Waals surface area contributed by atoms with E-state index in [0.717, 1.165) is 24.2 Å². The van der Waals surface area contributed by atoms with Crippen molar-refractivity contribution in [2.24, 2.45) is 0 Å².